The molecule has 1 aromatic heterocycles. The summed E-state index contributed by atoms with van der Waals surface area (Å²) in [6.07, 6.45) is 1.89. The van der Waals surface area contributed by atoms with Crippen LogP contribution < -0.4 is 5.73 Å². The van der Waals surface area contributed by atoms with E-state index in [2.05, 4.69) is 22.4 Å². The zero-order valence-electron chi connectivity index (χ0n) is 7.49. The molecule has 0 unspecified atom stereocenters. The molecule has 0 fully saturated rings. The molecule has 0 atom stereocenters. The molecule has 2 rings (SSSR count). The van der Waals surface area contributed by atoms with E-state index in [0.29, 0.717) is 13.1 Å². The second-order valence-electron chi connectivity index (χ2n) is 3.27. The molecule has 5 nitrogen and oxygen atoms in total. The van der Waals surface area contributed by atoms with Crippen LogP contribution in [0.1, 0.15) is 17.7 Å². The number of carbonyl (C=O) groups is 1. The third-order valence-electron chi connectivity index (χ3n) is 2.20. The molecule has 0 bridgehead atoms. The van der Waals surface area contributed by atoms with Crippen LogP contribution in [0.2, 0.25) is 0 Å². The maximum atomic E-state index is 11.5. The molecule has 2 heterocycles. The van der Waals surface area contributed by atoms with Crippen LogP contribution in [0.4, 0.5) is 0 Å². The van der Waals surface area contributed by atoms with Crippen LogP contribution in [-0.2, 0) is 17.9 Å². The number of nitrogens with two attached hydrogens (primary N) is 1. The lowest BCUT2D eigenvalue weighted by Gasteiger charge is -2.14. The number of amides is 1. The Morgan fingerprint density at radius 3 is 3.14 bits per heavy atom. The monoisotopic (exact) mass is 210 g/mol. The first kappa shape index (κ1) is 9.14. The fourth-order valence-corrected chi connectivity index (χ4v) is 1.62. The molecule has 1 aromatic rings. The lowest BCUT2D eigenvalue weighted by atomic mass is 10.3. The summed E-state index contributed by atoms with van der Waals surface area (Å²) in [6.45, 7) is 1.18. The first-order chi connectivity index (χ1) is 6.66. The van der Waals surface area contributed by atoms with E-state index in [1.54, 1.807) is 11.1 Å². The molecule has 6 heteroatoms. The van der Waals surface area contributed by atoms with E-state index in [1.807, 2.05) is 0 Å². The van der Waals surface area contributed by atoms with Crippen molar-refractivity contribution in [2.45, 2.75) is 19.5 Å². The Bertz CT molecular complexity index is 366. The molecule has 1 aliphatic heterocycles. The summed E-state index contributed by atoms with van der Waals surface area (Å²) in [6, 6.07) is 0. The van der Waals surface area contributed by atoms with Gasteiger partial charge in [0, 0.05) is 12.1 Å². The normalized spacial score (nSPS) is 14.1. The van der Waals surface area contributed by atoms with Crippen molar-refractivity contribution < 1.29 is 4.79 Å². The number of thiocarbonyl (C=S) groups is 1. The van der Waals surface area contributed by atoms with Crippen molar-refractivity contribution in [1.82, 2.24) is 15.1 Å². The van der Waals surface area contributed by atoms with Crippen LogP contribution in [-0.4, -0.2) is 26.0 Å². The predicted octanol–water partition coefficient (Wildman–Crippen LogP) is -0.0719. The van der Waals surface area contributed by atoms with Crippen LogP contribution in [0.25, 0.3) is 0 Å². The first-order valence-electron chi connectivity index (χ1n) is 4.24. The van der Waals surface area contributed by atoms with Gasteiger partial charge in [-0.05, 0) is 0 Å². The van der Waals surface area contributed by atoms with Crippen LogP contribution in [0.15, 0.2) is 6.20 Å². The molecule has 3 N–H and O–H groups in total. The maximum absolute atomic E-state index is 11.5. The highest BCUT2D eigenvalue weighted by Gasteiger charge is 2.24. The first-order valence-corrected chi connectivity index (χ1v) is 4.65. The summed E-state index contributed by atoms with van der Waals surface area (Å²) in [5, 5.41) is 6.73. The number of fused-ring (bicyclic) bond motifs is 1. The van der Waals surface area contributed by atoms with E-state index in [4.69, 9.17) is 5.73 Å². The van der Waals surface area contributed by atoms with Gasteiger partial charge < -0.3 is 10.6 Å². The summed E-state index contributed by atoms with van der Waals surface area (Å²) >= 11 is 4.68. The van der Waals surface area contributed by atoms with Crippen LogP contribution in [0, 0.1) is 0 Å². The van der Waals surface area contributed by atoms with Crippen molar-refractivity contribution in [3.63, 3.8) is 0 Å². The Morgan fingerprint density at radius 2 is 2.50 bits per heavy atom. The molecular formula is C8H10N4OS. The van der Waals surface area contributed by atoms with Crippen molar-refractivity contribution in [2.24, 2.45) is 5.73 Å². The fraction of sp³-hybridized carbons (Fsp3) is 0.375. The number of hydrogen-bond acceptors (Lipinski definition) is 3. The number of nitrogens with one attached hydrogen (secondary N) is 1. The Morgan fingerprint density at radius 1 is 1.71 bits per heavy atom. The highest BCUT2D eigenvalue weighted by molar-refractivity contribution is 7.80. The van der Waals surface area contributed by atoms with Gasteiger partial charge in [-0.2, -0.15) is 5.10 Å². The molecule has 0 saturated carbocycles. The Labute approximate surface area is 86.3 Å². The van der Waals surface area contributed by atoms with Gasteiger partial charge in [-0.3, -0.25) is 9.89 Å². The average Bonchev–Trinajstić information content (AvgIpc) is 2.58. The van der Waals surface area contributed by atoms with E-state index >= 15 is 0 Å². The molecule has 74 valence electrons. The van der Waals surface area contributed by atoms with Gasteiger partial charge in [-0.1, -0.05) is 12.2 Å². The van der Waals surface area contributed by atoms with E-state index < -0.39 is 0 Å². The van der Waals surface area contributed by atoms with Gasteiger partial charge in [0.05, 0.1) is 29.8 Å². The lowest BCUT2D eigenvalue weighted by molar-refractivity contribution is -0.130. The van der Waals surface area contributed by atoms with E-state index in [0.717, 1.165) is 11.3 Å². The number of aromatic amines is 1. The maximum Gasteiger partial charge on any atom is 0.230 e. The van der Waals surface area contributed by atoms with Gasteiger partial charge in [0.2, 0.25) is 5.91 Å². The van der Waals surface area contributed by atoms with Gasteiger partial charge in [0.15, 0.2) is 0 Å². The van der Waals surface area contributed by atoms with E-state index in [9.17, 15) is 4.79 Å². The molecule has 0 radical (unpaired) electrons. The Hall–Kier alpha value is -1.43. The number of carbonyl (C=O) groups excluding carboxylic acids is 1. The predicted molar refractivity (Wildman–Crippen MR) is 54.2 cm³/mol. The molecule has 0 aromatic carbocycles. The van der Waals surface area contributed by atoms with Crippen molar-refractivity contribution in [1.29, 1.82) is 0 Å². The summed E-state index contributed by atoms with van der Waals surface area (Å²) in [4.78, 5) is 13.5. The molecule has 1 amide bonds. The minimum atomic E-state index is -0.0258. The highest BCUT2D eigenvalue weighted by atomic mass is 32.1. The molecule has 0 aliphatic carbocycles. The van der Waals surface area contributed by atoms with Crippen molar-refractivity contribution in [3.8, 4) is 0 Å². The van der Waals surface area contributed by atoms with Gasteiger partial charge >= 0.3 is 0 Å². The summed E-state index contributed by atoms with van der Waals surface area (Å²) in [7, 11) is 0. The van der Waals surface area contributed by atoms with Gasteiger partial charge in [0.25, 0.3) is 0 Å². The van der Waals surface area contributed by atoms with Crippen LogP contribution in [0.3, 0.4) is 0 Å². The van der Waals surface area contributed by atoms with Gasteiger partial charge in [-0.25, -0.2) is 0 Å². The van der Waals surface area contributed by atoms with Crippen molar-refractivity contribution >= 4 is 23.1 Å². The average molecular weight is 210 g/mol. The molecule has 14 heavy (non-hydrogen) atoms. The topological polar surface area (TPSA) is 75.0 Å². The third kappa shape index (κ3) is 1.60. The molecular weight excluding hydrogens is 200 g/mol. The SMILES string of the molecule is NC(=S)CC(=O)N1Cc2cn[nH]c2C1. The largest absolute Gasteiger partial charge is 0.393 e. The van der Waals surface area contributed by atoms with Gasteiger partial charge in [0.1, 0.15) is 0 Å². The third-order valence-corrected chi connectivity index (χ3v) is 2.34. The number of aromatic nitrogens is 2. The number of H-pyrrole nitrogens is 1. The number of rotatable bonds is 2. The summed E-state index contributed by atoms with van der Waals surface area (Å²) in [5.41, 5.74) is 7.38. The quantitative estimate of drug-likeness (QED) is 0.670. The van der Waals surface area contributed by atoms with E-state index in [1.165, 1.54) is 0 Å². The second-order valence-corrected chi connectivity index (χ2v) is 3.79. The van der Waals surface area contributed by atoms with Gasteiger partial charge in [-0.15, -0.1) is 0 Å². The smallest absolute Gasteiger partial charge is 0.230 e. The standard InChI is InChI=1S/C8H10N4OS/c9-7(14)1-8(13)12-3-5-2-10-11-6(5)4-12/h2H,1,3-4H2,(H2,9,14)(H,10,11). The van der Waals surface area contributed by atoms with Crippen LogP contribution >= 0.6 is 12.2 Å². The molecule has 1 aliphatic rings. The number of hydrogen-bond donors (Lipinski definition) is 2. The minimum Gasteiger partial charge on any atom is -0.393 e. The highest BCUT2D eigenvalue weighted by Crippen LogP contribution is 2.20. The Kier molecular flexibility index (Phi) is 2.20. The zero-order chi connectivity index (χ0) is 10.1. The Balaban J connectivity index is 2.01. The minimum absolute atomic E-state index is 0.0258. The zero-order valence-corrected chi connectivity index (χ0v) is 8.30. The van der Waals surface area contributed by atoms with Crippen LogP contribution in [0.5, 0.6) is 0 Å². The number of nitrogens with zero attached hydrogens (tertiary/aromatic N) is 2. The lowest BCUT2D eigenvalue weighted by Crippen LogP contribution is -2.29. The van der Waals surface area contributed by atoms with E-state index in [-0.39, 0.29) is 17.3 Å². The molecule has 0 spiro atoms. The van der Waals surface area contributed by atoms with Crippen molar-refractivity contribution in [2.75, 3.05) is 0 Å². The summed E-state index contributed by atoms with van der Waals surface area (Å²) < 4.78 is 0. The molecule has 0 saturated heterocycles. The summed E-state index contributed by atoms with van der Waals surface area (Å²) in [5.74, 6) is -0.0258. The second kappa shape index (κ2) is 3.38. The van der Waals surface area contributed by atoms with Crippen molar-refractivity contribution in [3.05, 3.63) is 17.5 Å². The fourth-order valence-electron chi connectivity index (χ4n) is 1.50.